The van der Waals surface area contributed by atoms with Crippen LogP contribution in [0.4, 0.5) is 0 Å². The molecule has 6 rings (SSSR count). The van der Waals surface area contributed by atoms with Crippen molar-refractivity contribution in [3.8, 4) is 23.0 Å². The van der Waals surface area contributed by atoms with Gasteiger partial charge in [-0.25, -0.2) is 0 Å². The number of esters is 2. The Hall–Kier alpha value is -4.84. The molecule has 1 aliphatic heterocycles. The molecule has 0 N–H and O–H groups in total. The zero-order valence-corrected chi connectivity index (χ0v) is 31.9. The summed E-state index contributed by atoms with van der Waals surface area (Å²) in [5.74, 6) is 2.28. The summed E-state index contributed by atoms with van der Waals surface area (Å²) in [6.45, 7) is 22.1. The number of ether oxygens (including phenoxy) is 4. The summed E-state index contributed by atoms with van der Waals surface area (Å²) in [7, 11) is 0. The van der Waals surface area contributed by atoms with Crippen molar-refractivity contribution < 1.29 is 28.5 Å². The van der Waals surface area contributed by atoms with Crippen LogP contribution in [0.5, 0.6) is 23.0 Å². The summed E-state index contributed by atoms with van der Waals surface area (Å²) in [6, 6.07) is 24.6. The molecule has 6 heteroatoms. The van der Waals surface area contributed by atoms with E-state index in [1.54, 1.807) is 0 Å². The van der Waals surface area contributed by atoms with Crippen LogP contribution in [0, 0.1) is 19.3 Å². The third-order valence-electron chi connectivity index (χ3n) is 8.78. The minimum atomic E-state index is -0.549. The topological polar surface area (TPSA) is 71.1 Å². The van der Waals surface area contributed by atoms with Gasteiger partial charge in [0.2, 0.25) is 0 Å². The lowest BCUT2D eigenvalue weighted by Crippen LogP contribution is -2.24. The number of aryl methyl sites for hydroxylation is 2. The second-order valence-electron chi connectivity index (χ2n) is 17.1. The van der Waals surface area contributed by atoms with Crippen molar-refractivity contribution in [2.24, 2.45) is 5.41 Å². The van der Waals surface area contributed by atoms with Gasteiger partial charge < -0.3 is 18.9 Å². The van der Waals surface area contributed by atoms with Crippen LogP contribution in [0.1, 0.15) is 108 Å². The fourth-order valence-electron chi connectivity index (χ4n) is 7.00. The first-order valence-corrected chi connectivity index (χ1v) is 17.8. The molecule has 266 valence electrons. The first kappa shape index (κ1) is 36.0. The van der Waals surface area contributed by atoms with E-state index in [1.807, 2.05) is 84.0 Å². The smallest absolute Gasteiger partial charge is 0.311 e. The van der Waals surface area contributed by atoms with Gasteiger partial charge in [-0.3, -0.25) is 9.59 Å². The lowest BCUT2D eigenvalue weighted by atomic mass is 9.77. The van der Waals surface area contributed by atoms with E-state index < -0.39 is 5.60 Å². The fourth-order valence-corrected chi connectivity index (χ4v) is 7.00. The highest BCUT2D eigenvalue weighted by Gasteiger charge is 2.33. The molecule has 0 aliphatic carbocycles. The highest BCUT2D eigenvalue weighted by Crippen LogP contribution is 2.53. The van der Waals surface area contributed by atoms with Gasteiger partial charge in [0.15, 0.2) is 0 Å². The van der Waals surface area contributed by atoms with E-state index >= 15 is 0 Å². The van der Waals surface area contributed by atoms with Crippen molar-refractivity contribution in [1.82, 2.24) is 0 Å². The number of carbonyl (C=O) groups excluding carboxylic acids is 2. The standard InChI is InChI=1S/C45H50O6/c1-26-20-31(21-27(2)42(26)51-45(9,10)11)39-40-33-16-12-28(23-37(46)50-44(6,7)8)22-29(33)13-18-35(40)49-36-19-14-30-24-32(15-17-34(30)41(36)39)48-38(47)25-43(3,4)5/h12-22,24,39H,23,25H2,1-11H3. The first-order valence-electron chi connectivity index (χ1n) is 17.8. The average Bonchev–Trinajstić information content (AvgIpc) is 2.99. The Morgan fingerprint density at radius 3 is 1.78 bits per heavy atom. The molecule has 0 radical (unpaired) electrons. The lowest BCUT2D eigenvalue weighted by molar-refractivity contribution is -0.154. The zero-order valence-electron chi connectivity index (χ0n) is 31.9. The zero-order chi connectivity index (χ0) is 37.0. The summed E-state index contributed by atoms with van der Waals surface area (Å²) < 4.78 is 24.6. The van der Waals surface area contributed by atoms with E-state index in [-0.39, 0.29) is 35.3 Å². The van der Waals surface area contributed by atoms with Crippen LogP contribution >= 0.6 is 0 Å². The lowest BCUT2D eigenvalue weighted by Gasteiger charge is -2.32. The number of benzene rings is 5. The van der Waals surface area contributed by atoms with Crippen LogP contribution in [-0.4, -0.2) is 23.1 Å². The summed E-state index contributed by atoms with van der Waals surface area (Å²) in [6.07, 6.45) is 0.510. The second-order valence-corrected chi connectivity index (χ2v) is 17.1. The van der Waals surface area contributed by atoms with Gasteiger partial charge in [-0.2, -0.15) is 0 Å². The van der Waals surface area contributed by atoms with Crippen molar-refractivity contribution >= 4 is 33.5 Å². The van der Waals surface area contributed by atoms with Crippen LogP contribution < -0.4 is 14.2 Å². The molecule has 5 aromatic rings. The molecular weight excluding hydrogens is 636 g/mol. The summed E-state index contributed by atoms with van der Waals surface area (Å²) in [4.78, 5) is 25.5. The van der Waals surface area contributed by atoms with E-state index in [9.17, 15) is 9.59 Å². The SMILES string of the molecule is Cc1cc(C2c3c(ccc4cc(CC(=O)OC(C)(C)C)ccc34)Oc3ccc4cc(OC(=O)CC(C)(C)C)ccc4c32)cc(C)c1OC(C)(C)C. The Labute approximate surface area is 302 Å². The maximum absolute atomic E-state index is 12.7. The predicted octanol–water partition coefficient (Wildman–Crippen LogP) is 11.3. The van der Waals surface area contributed by atoms with E-state index in [0.29, 0.717) is 12.2 Å². The number of fused-ring (bicyclic) bond motifs is 6. The molecule has 0 saturated carbocycles. The minimum absolute atomic E-state index is 0.173. The Morgan fingerprint density at radius 1 is 0.667 bits per heavy atom. The van der Waals surface area contributed by atoms with E-state index in [4.69, 9.17) is 18.9 Å². The van der Waals surface area contributed by atoms with Crippen molar-refractivity contribution in [2.45, 2.75) is 106 Å². The monoisotopic (exact) mass is 686 g/mol. The number of hydrogen-bond acceptors (Lipinski definition) is 6. The van der Waals surface area contributed by atoms with Gasteiger partial charge in [-0.15, -0.1) is 0 Å². The van der Waals surface area contributed by atoms with Crippen LogP contribution in [0.3, 0.4) is 0 Å². The van der Waals surface area contributed by atoms with Crippen LogP contribution in [-0.2, 0) is 20.7 Å². The molecule has 0 fully saturated rings. The van der Waals surface area contributed by atoms with Gasteiger partial charge in [0.1, 0.15) is 34.2 Å². The van der Waals surface area contributed by atoms with Gasteiger partial charge >= 0.3 is 11.9 Å². The molecule has 51 heavy (non-hydrogen) atoms. The van der Waals surface area contributed by atoms with Crippen molar-refractivity contribution in [2.75, 3.05) is 0 Å². The second kappa shape index (κ2) is 13.0. The molecule has 1 aliphatic rings. The molecule has 1 atom stereocenters. The van der Waals surface area contributed by atoms with Crippen molar-refractivity contribution in [1.29, 1.82) is 0 Å². The molecule has 6 nitrogen and oxygen atoms in total. The van der Waals surface area contributed by atoms with Gasteiger partial charge in [-0.1, -0.05) is 69.3 Å². The van der Waals surface area contributed by atoms with E-state index in [2.05, 4.69) is 65.0 Å². The molecular formula is C45H50O6. The minimum Gasteiger partial charge on any atom is -0.488 e. The molecule has 0 aromatic heterocycles. The Kier molecular flexibility index (Phi) is 9.20. The highest BCUT2D eigenvalue weighted by atomic mass is 16.6. The van der Waals surface area contributed by atoms with Crippen molar-refractivity contribution in [3.63, 3.8) is 0 Å². The normalized spacial score (nSPS) is 14.5. The van der Waals surface area contributed by atoms with Crippen molar-refractivity contribution in [3.05, 3.63) is 106 Å². The first-order chi connectivity index (χ1) is 23.7. The summed E-state index contributed by atoms with van der Waals surface area (Å²) >= 11 is 0. The summed E-state index contributed by atoms with van der Waals surface area (Å²) in [5, 5.41) is 4.03. The molecule has 0 amide bonds. The Balaban J connectivity index is 1.52. The molecule has 1 unspecified atom stereocenters. The number of hydrogen-bond donors (Lipinski definition) is 0. The molecule has 5 aromatic carbocycles. The van der Waals surface area contributed by atoms with Gasteiger partial charge in [-0.05, 0) is 129 Å². The molecule has 1 heterocycles. The molecule has 0 spiro atoms. The maximum Gasteiger partial charge on any atom is 0.311 e. The van der Waals surface area contributed by atoms with Gasteiger partial charge in [0.25, 0.3) is 0 Å². The average molecular weight is 687 g/mol. The molecule has 0 bridgehead atoms. The quantitative estimate of drug-likeness (QED) is 0.128. The number of carbonyl (C=O) groups is 2. The highest BCUT2D eigenvalue weighted by molar-refractivity contribution is 5.96. The van der Waals surface area contributed by atoms with E-state index in [0.717, 1.165) is 72.2 Å². The Bertz CT molecular complexity index is 2030. The van der Waals surface area contributed by atoms with Gasteiger partial charge in [0, 0.05) is 17.0 Å². The third-order valence-corrected chi connectivity index (χ3v) is 8.78. The summed E-state index contributed by atoms with van der Waals surface area (Å²) in [5.41, 5.74) is 5.16. The fraction of sp³-hybridized carbons (Fsp3) is 0.378. The molecule has 0 saturated heterocycles. The number of rotatable bonds is 6. The van der Waals surface area contributed by atoms with E-state index in [1.165, 1.54) is 0 Å². The van der Waals surface area contributed by atoms with Gasteiger partial charge in [0.05, 0.1) is 12.8 Å². The van der Waals surface area contributed by atoms with Crippen LogP contribution in [0.2, 0.25) is 0 Å². The largest absolute Gasteiger partial charge is 0.488 e. The Morgan fingerprint density at radius 2 is 1.24 bits per heavy atom. The van der Waals surface area contributed by atoms with Crippen LogP contribution in [0.15, 0.2) is 72.8 Å². The maximum atomic E-state index is 12.7. The predicted molar refractivity (Wildman–Crippen MR) is 204 cm³/mol. The van der Waals surface area contributed by atoms with Crippen LogP contribution in [0.25, 0.3) is 21.5 Å². The third kappa shape index (κ3) is 8.06.